The second-order valence-electron chi connectivity index (χ2n) is 4.23. The summed E-state index contributed by atoms with van der Waals surface area (Å²) in [5, 5.41) is 14.1. The maximum atomic E-state index is 11.8. The summed E-state index contributed by atoms with van der Waals surface area (Å²) in [6, 6.07) is 3.66. The number of rotatable bonds is 5. The van der Waals surface area contributed by atoms with Crippen LogP contribution in [0.5, 0.6) is 0 Å². The molecule has 0 aromatic heterocycles. The number of amides is 2. The van der Waals surface area contributed by atoms with Gasteiger partial charge in [-0.15, -0.1) is 0 Å². The minimum atomic E-state index is -1.13. The molecular formula is C12H15BrN2O4S. The van der Waals surface area contributed by atoms with E-state index < -0.39 is 22.8 Å². The van der Waals surface area contributed by atoms with E-state index in [0.29, 0.717) is 10.2 Å². The maximum Gasteiger partial charge on any atom is 0.337 e. The molecule has 0 spiro atoms. The minimum Gasteiger partial charge on any atom is -0.478 e. The molecule has 1 rings (SSSR count). The molecule has 20 heavy (non-hydrogen) atoms. The number of hydrogen-bond acceptors (Lipinski definition) is 3. The third-order valence-corrected chi connectivity index (χ3v) is 3.79. The van der Waals surface area contributed by atoms with Gasteiger partial charge in [0.05, 0.1) is 11.3 Å². The van der Waals surface area contributed by atoms with Crippen molar-refractivity contribution in [3.63, 3.8) is 0 Å². The molecule has 2 unspecified atom stereocenters. The zero-order valence-corrected chi connectivity index (χ0v) is 13.4. The Morgan fingerprint density at radius 1 is 1.45 bits per heavy atom. The van der Waals surface area contributed by atoms with Gasteiger partial charge < -0.3 is 15.7 Å². The van der Waals surface area contributed by atoms with Gasteiger partial charge in [0.25, 0.3) is 0 Å². The first kappa shape index (κ1) is 16.6. The van der Waals surface area contributed by atoms with Gasteiger partial charge in [-0.1, -0.05) is 15.9 Å². The van der Waals surface area contributed by atoms with Crippen molar-refractivity contribution in [2.45, 2.75) is 13.0 Å². The Labute approximate surface area is 127 Å². The molecule has 0 aliphatic rings. The van der Waals surface area contributed by atoms with Crippen molar-refractivity contribution in [1.29, 1.82) is 0 Å². The fourth-order valence-corrected chi connectivity index (χ4v) is 2.73. The number of nitrogens with one attached hydrogen (secondary N) is 2. The van der Waals surface area contributed by atoms with Gasteiger partial charge in [-0.2, -0.15) is 0 Å². The van der Waals surface area contributed by atoms with Gasteiger partial charge >= 0.3 is 12.0 Å². The molecule has 110 valence electrons. The monoisotopic (exact) mass is 362 g/mol. The quantitative estimate of drug-likeness (QED) is 0.746. The number of halogens is 1. The molecule has 0 heterocycles. The summed E-state index contributed by atoms with van der Waals surface area (Å²) in [6.45, 7) is 1.72. The summed E-state index contributed by atoms with van der Waals surface area (Å²) in [4.78, 5) is 22.8. The molecule has 2 amide bonds. The molecule has 0 aliphatic carbocycles. The van der Waals surface area contributed by atoms with E-state index in [1.54, 1.807) is 19.2 Å². The van der Waals surface area contributed by atoms with E-state index >= 15 is 0 Å². The highest BCUT2D eigenvalue weighted by Crippen LogP contribution is 2.21. The molecule has 0 aliphatic heterocycles. The lowest BCUT2D eigenvalue weighted by atomic mass is 10.2. The number of carbonyl (C=O) groups is 2. The Morgan fingerprint density at radius 2 is 2.10 bits per heavy atom. The number of aromatic carboxylic acids is 1. The molecule has 6 nitrogen and oxygen atoms in total. The van der Waals surface area contributed by atoms with Gasteiger partial charge in [0.1, 0.15) is 0 Å². The van der Waals surface area contributed by atoms with Crippen LogP contribution < -0.4 is 10.6 Å². The Kier molecular flexibility index (Phi) is 6.15. The zero-order chi connectivity index (χ0) is 15.3. The van der Waals surface area contributed by atoms with E-state index in [9.17, 15) is 13.8 Å². The van der Waals surface area contributed by atoms with Gasteiger partial charge in [-0.25, -0.2) is 9.59 Å². The van der Waals surface area contributed by atoms with Crippen molar-refractivity contribution in [2.75, 3.05) is 17.3 Å². The Balaban J connectivity index is 2.77. The molecule has 0 fully saturated rings. The normalized spacial score (nSPS) is 13.3. The van der Waals surface area contributed by atoms with Crippen molar-refractivity contribution in [1.82, 2.24) is 5.32 Å². The largest absolute Gasteiger partial charge is 0.478 e. The number of benzene rings is 1. The summed E-state index contributed by atoms with van der Waals surface area (Å²) < 4.78 is 11.7. The standard InChI is InChI=1S/C12H15BrN2O4S/c1-7(6-20(2)19)14-12(18)15-10-5-8(13)3-4-9(10)11(16)17/h3-5,7H,6H2,1-2H3,(H,16,17)(H2,14,15,18). The van der Waals surface area contributed by atoms with Crippen molar-refractivity contribution < 1.29 is 18.9 Å². The average Bonchev–Trinajstić information content (AvgIpc) is 2.26. The van der Waals surface area contributed by atoms with Gasteiger partial charge in [-0.3, -0.25) is 4.21 Å². The molecule has 0 bridgehead atoms. The molecule has 8 heteroatoms. The number of carbonyl (C=O) groups excluding carboxylic acids is 1. The fraction of sp³-hybridized carbons (Fsp3) is 0.333. The highest BCUT2D eigenvalue weighted by molar-refractivity contribution is 9.10. The third kappa shape index (κ3) is 5.30. The van der Waals surface area contributed by atoms with Crippen LogP contribution in [0.3, 0.4) is 0 Å². The lowest BCUT2D eigenvalue weighted by Crippen LogP contribution is -2.39. The predicted octanol–water partition coefficient (Wildman–Crippen LogP) is 2.04. The Bertz CT molecular complexity index is 550. The van der Waals surface area contributed by atoms with Gasteiger partial charge in [0, 0.05) is 33.3 Å². The summed E-state index contributed by atoms with van der Waals surface area (Å²) in [6.07, 6.45) is 1.55. The average molecular weight is 363 g/mol. The van der Waals surface area contributed by atoms with E-state index in [1.165, 1.54) is 12.1 Å². The minimum absolute atomic E-state index is 0.00456. The smallest absolute Gasteiger partial charge is 0.337 e. The summed E-state index contributed by atoms with van der Waals surface area (Å²) in [5.41, 5.74) is 0.185. The van der Waals surface area contributed by atoms with Crippen LogP contribution in [0, 0.1) is 0 Å². The van der Waals surface area contributed by atoms with Crippen LogP contribution in [0.2, 0.25) is 0 Å². The summed E-state index contributed by atoms with van der Waals surface area (Å²) in [7, 11) is -1.02. The van der Waals surface area contributed by atoms with Crippen LogP contribution in [0.15, 0.2) is 22.7 Å². The fourth-order valence-electron chi connectivity index (χ4n) is 1.58. The molecule has 0 saturated heterocycles. The zero-order valence-electron chi connectivity index (χ0n) is 11.0. The number of hydrogen-bond donors (Lipinski definition) is 3. The first-order valence-electron chi connectivity index (χ1n) is 5.70. The van der Waals surface area contributed by atoms with Crippen LogP contribution in [0.1, 0.15) is 17.3 Å². The van der Waals surface area contributed by atoms with E-state index in [2.05, 4.69) is 26.6 Å². The van der Waals surface area contributed by atoms with Crippen LogP contribution in [0.25, 0.3) is 0 Å². The van der Waals surface area contributed by atoms with E-state index in [-0.39, 0.29) is 17.3 Å². The maximum absolute atomic E-state index is 11.8. The second kappa shape index (κ2) is 7.39. The van der Waals surface area contributed by atoms with E-state index in [4.69, 9.17) is 5.11 Å². The van der Waals surface area contributed by atoms with Gasteiger partial charge in [-0.05, 0) is 25.1 Å². The van der Waals surface area contributed by atoms with Crippen LogP contribution in [-0.2, 0) is 10.8 Å². The van der Waals surface area contributed by atoms with E-state index in [1.807, 2.05) is 0 Å². The van der Waals surface area contributed by atoms with Crippen molar-refractivity contribution in [3.05, 3.63) is 28.2 Å². The molecule has 2 atom stereocenters. The lowest BCUT2D eigenvalue weighted by Gasteiger charge is -2.14. The lowest BCUT2D eigenvalue weighted by molar-refractivity contribution is 0.0698. The first-order chi connectivity index (χ1) is 9.29. The first-order valence-corrected chi connectivity index (χ1v) is 8.22. The highest BCUT2D eigenvalue weighted by atomic mass is 79.9. The molecule has 0 radical (unpaired) electrons. The topological polar surface area (TPSA) is 95.5 Å². The molecular weight excluding hydrogens is 348 g/mol. The van der Waals surface area contributed by atoms with Crippen LogP contribution >= 0.6 is 15.9 Å². The number of urea groups is 1. The number of carboxylic acids is 1. The molecule has 3 N–H and O–H groups in total. The van der Waals surface area contributed by atoms with Crippen molar-refractivity contribution in [2.24, 2.45) is 0 Å². The van der Waals surface area contributed by atoms with E-state index in [0.717, 1.165) is 0 Å². The van der Waals surface area contributed by atoms with Crippen LogP contribution in [0.4, 0.5) is 10.5 Å². The number of carboxylic acid groups (broad SMARTS) is 1. The highest BCUT2D eigenvalue weighted by Gasteiger charge is 2.14. The molecule has 1 aromatic carbocycles. The van der Waals surface area contributed by atoms with Gasteiger partial charge in [0.15, 0.2) is 0 Å². The Hall–Kier alpha value is -1.41. The summed E-state index contributed by atoms with van der Waals surface area (Å²) >= 11 is 3.21. The Morgan fingerprint density at radius 3 is 2.65 bits per heavy atom. The summed E-state index contributed by atoms with van der Waals surface area (Å²) in [5.74, 6) is -0.798. The predicted molar refractivity (Wildman–Crippen MR) is 81.7 cm³/mol. The van der Waals surface area contributed by atoms with Crippen molar-refractivity contribution in [3.8, 4) is 0 Å². The number of anilines is 1. The van der Waals surface area contributed by atoms with Crippen molar-refractivity contribution >= 4 is 44.4 Å². The third-order valence-electron chi connectivity index (χ3n) is 2.32. The molecule has 0 saturated carbocycles. The van der Waals surface area contributed by atoms with Gasteiger partial charge in [0.2, 0.25) is 0 Å². The molecule has 1 aromatic rings. The second-order valence-corrected chi connectivity index (χ2v) is 6.63. The van der Waals surface area contributed by atoms with Crippen LogP contribution in [-0.4, -0.2) is 39.4 Å². The SMILES string of the molecule is CC(CS(C)=O)NC(=O)Nc1cc(Br)ccc1C(=O)O.